The zero-order chi connectivity index (χ0) is 14.1. The van der Waals surface area contributed by atoms with E-state index < -0.39 is 5.97 Å². The molecule has 0 spiro atoms. The molecule has 96 valence electrons. The van der Waals surface area contributed by atoms with Crippen molar-refractivity contribution in [2.24, 2.45) is 0 Å². The number of hydrogen-bond donors (Lipinski definition) is 1. The second kappa shape index (κ2) is 4.52. The summed E-state index contributed by atoms with van der Waals surface area (Å²) in [7, 11) is 0. The molecule has 5 heteroatoms. The summed E-state index contributed by atoms with van der Waals surface area (Å²) in [5.41, 5.74) is 1.16. The number of aromatic nitrogens is 2. The summed E-state index contributed by atoms with van der Waals surface area (Å²) in [6, 6.07) is 13.9. The molecule has 3 aromatic rings. The van der Waals surface area contributed by atoms with Gasteiger partial charge in [-0.05, 0) is 24.3 Å². The first-order valence-corrected chi connectivity index (χ1v) is 5.91. The van der Waals surface area contributed by atoms with Crippen LogP contribution in [0.25, 0.3) is 16.7 Å². The van der Waals surface area contributed by atoms with Gasteiger partial charge in [0.25, 0.3) is 0 Å². The molecule has 3 rings (SSSR count). The van der Waals surface area contributed by atoms with Gasteiger partial charge in [-0.3, -0.25) is 4.57 Å². The lowest BCUT2D eigenvalue weighted by molar-refractivity contribution is 0.0699. The summed E-state index contributed by atoms with van der Waals surface area (Å²) in [5.74, 6) is -0.599. The number of para-hydroxylation sites is 1. The third-order valence-electron chi connectivity index (χ3n) is 3.04. The molecule has 0 saturated heterocycles. The van der Waals surface area contributed by atoms with Crippen LogP contribution >= 0.6 is 0 Å². The molecule has 20 heavy (non-hydrogen) atoms. The Morgan fingerprint density at radius 2 is 2.05 bits per heavy atom. The van der Waals surface area contributed by atoms with E-state index in [2.05, 4.69) is 4.98 Å². The molecule has 0 unspecified atom stereocenters. The van der Waals surface area contributed by atoms with E-state index in [0.717, 1.165) is 0 Å². The van der Waals surface area contributed by atoms with Crippen LogP contribution in [0.15, 0.2) is 48.7 Å². The van der Waals surface area contributed by atoms with Crippen LogP contribution in [0.4, 0.5) is 0 Å². The molecular formula is C15H9N3O2. The molecule has 5 nitrogen and oxygen atoms in total. The van der Waals surface area contributed by atoms with Gasteiger partial charge in [0.2, 0.25) is 0 Å². The molecule has 0 bridgehead atoms. The molecule has 0 amide bonds. The molecule has 0 aliphatic carbocycles. The van der Waals surface area contributed by atoms with Crippen LogP contribution < -0.4 is 0 Å². The van der Waals surface area contributed by atoms with Crippen LogP contribution in [-0.4, -0.2) is 20.6 Å². The van der Waals surface area contributed by atoms with Gasteiger partial charge in [-0.1, -0.05) is 18.2 Å². The fraction of sp³-hybridized carbons (Fsp3) is 0. The van der Waals surface area contributed by atoms with Crippen LogP contribution in [0.1, 0.15) is 16.1 Å². The molecule has 0 radical (unpaired) electrons. The van der Waals surface area contributed by atoms with E-state index in [9.17, 15) is 9.90 Å². The van der Waals surface area contributed by atoms with Gasteiger partial charge in [-0.2, -0.15) is 5.26 Å². The van der Waals surface area contributed by atoms with Crippen molar-refractivity contribution in [3.8, 4) is 11.9 Å². The maximum atomic E-state index is 11.4. The van der Waals surface area contributed by atoms with Gasteiger partial charge in [0.1, 0.15) is 17.6 Å². The summed E-state index contributed by atoms with van der Waals surface area (Å²) < 4.78 is 1.57. The molecule has 0 aliphatic rings. The Kier molecular flexibility index (Phi) is 2.70. The molecule has 0 aliphatic heterocycles. The highest BCUT2D eigenvalue weighted by atomic mass is 16.4. The molecular weight excluding hydrogens is 254 g/mol. The number of hydrogen-bond acceptors (Lipinski definition) is 3. The van der Waals surface area contributed by atoms with Crippen LogP contribution in [0.2, 0.25) is 0 Å². The largest absolute Gasteiger partial charge is 0.478 e. The Labute approximate surface area is 114 Å². The standard InChI is InChI=1S/C15H9N3O2/c16-9-10-4-3-7-18(10)14-8-12(15(19)20)11-5-1-2-6-13(11)17-14/h1-8H,(H,19,20). The van der Waals surface area contributed by atoms with Gasteiger partial charge in [0.05, 0.1) is 11.1 Å². The van der Waals surface area contributed by atoms with E-state index in [1.165, 1.54) is 6.07 Å². The zero-order valence-corrected chi connectivity index (χ0v) is 10.3. The number of nitriles is 1. The van der Waals surface area contributed by atoms with Gasteiger partial charge < -0.3 is 5.11 Å². The normalized spacial score (nSPS) is 10.3. The first kappa shape index (κ1) is 11.9. The molecule has 1 aromatic carbocycles. The van der Waals surface area contributed by atoms with Gasteiger partial charge in [-0.15, -0.1) is 0 Å². The number of carboxylic acid groups (broad SMARTS) is 1. The highest BCUT2D eigenvalue weighted by Gasteiger charge is 2.13. The Balaban J connectivity index is 2.34. The summed E-state index contributed by atoms with van der Waals surface area (Å²) >= 11 is 0. The number of nitrogens with zero attached hydrogens (tertiary/aromatic N) is 3. The van der Waals surface area contributed by atoms with E-state index >= 15 is 0 Å². The summed E-state index contributed by atoms with van der Waals surface area (Å²) in [6.45, 7) is 0. The smallest absolute Gasteiger partial charge is 0.336 e. The highest BCUT2D eigenvalue weighted by molar-refractivity contribution is 6.03. The van der Waals surface area contributed by atoms with Crippen molar-refractivity contribution >= 4 is 16.9 Å². The summed E-state index contributed by atoms with van der Waals surface area (Å²) in [4.78, 5) is 15.8. The van der Waals surface area contributed by atoms with Crippen molar-refractivity contribution < 1.29 is 9.90 Å². The zero-order valence-electron chi connectivity index (χ0n) is 10.3. The third kappa shape index (κ3) is 1.80. The van der Waals surface area contributed by atoms with E-state index in [1.54, 1.807) is 47.2 Å². The van der Waals surface area contributed by atoms with Crippen molar-refractivity contribution in [1.29, 1.82) is 5.26 Å². The summed E-state index contributed by atoms with van der Waals surface area (Å²) in [6.07, 6.45) is 1.68. The molecule has 2 aromatic heterocycles. The lowest BCUT2D eigenvalue weighted by atomic mass is 10.1. The van der Waals surface area contributed by atoms with E-state index in [4.69, 9.17) is 5.26 Å². The van der Waals surface area contributed by atoms with Crippen molar-refractivity contribution in [2.45, 2.75) is 0 Å². The van der Waals surface area contributed by atoms with E-state index in [1.807, 2.05) is 6.07 Å². The number of rotatable bonds is 2. The fourth-order valence-electron chi connectivity index (χ4n) is 2.13. The number of aromatic carboxylic acids is 1. The molecule has 1 N–H and O–H groups in total. The number of carbonyl (C=O) groups is 1. The van der Waals surface area contributed by atoms with Crippen LogP contribution in [0, 0.1) is 11.3 Å². The first-order valence-electron chi connectivity index (χ1n) is 5.91. The lowest BCUT2D eigenvalue weighted by Crippen LogP contribution is -2.04. The van der Waals surface area contributed by atoms with Crippen molar-refractivity contribution in [2.75, 3.05) is 0 Å². The third-order valence-corrected chi connectivity index (χ3v) is 3.04. The SMILES string of the molecule is N#Cc1cccn1-c1cc(C(=O)O)c2ccccc2n1. The van der Waals surface area contributed by atoms with Gasteiger partial charge in [-0.25, -0.2) is 9.78 Å². The highest BCUT2D eigenvalue weighted by Crippen LogP contribution is 2.21. The second-order valence-corrected chi connectivity index (χ2v) is 4.23. The lowest BCUT2D eigenvalue weighted by Gasteiger charge is -2.08. The molecule has 0 saturated carbocycles. The number of carboxylic acids is 1. The van der Waals surface area contributed by atoms with Crippen molar-refractivity contribution in [3.63, 3.8) is 0 Å². The first-order chi connectivity index (χ1) is 9.70. The molecule has 2 heterocycles. The quantitative estimate of drug-likeness (QED) is 0.770. The number of benzene rings is 1. The Morgan fingerprint density at radius 3 is 2.80 bits per heavy atom. The Bertz CT molecular complexity index is 859. The maximum absolute atomic E-state index is 11.4. The van der Waals surface area contributed by atoms with Gasteiger partial charge in [0, 0.05) is 11.6 Å². The van der Waals surface area contributed by atoms with E-state index in [0.29, 0.717) is 22.4 Å². The Morgan fingerprint density at radius 1 is 1.25 bits per heavy atom. The fourth-order valence-corrected chi connectivity index (χ4v) is 2.13. The number of pyridine rings is 1. The maximum Gasteiger partial charge on any atom is 0.336 e. The van der Waals surface area contributed by atoms with Gasteiger partial charge >= 0.3 is 5.97 Å². The van der Waals surface area contributed by atoms with E-state index in [-0.39, 0.29) is 5.56 Å². The molecule has 0 fully saturated rings. The van der Waals surface area contributed by atoms with Crippen molar-refractivity contribution in [1.82, 2.24) is 9.55 Å². The molecule has 0 atom stereocenters. The van der Waals surface area contributed by atoms with Crippen LogP contribution in [0.3, 0.4) is 0 Å². The average molecular weight is 263 g/mol. The predicted molar refractivity (Wildman–Crippen MR) is 72.7 cm³/mol. The topological polar surface area (TPSA) is 78.9 Å². The minimum Gasteiger partial charge on any atom is -0.478 e. The van der Waals surface area contributed by atoms with Crippen molar-refractivity contribution in [3.05, 3.63) is 59.9 Å². The monoisotopic (exact) mass is 263 g/mol. The Hall–Kier alpha value is -3.13. The van der Waals surface area contributed by atoms with Crippen LogP contribution in [0.5, 0.6) is 0 Å². The second-order valence-electron chi connectivity index (χ2n) is 4.23. The van der Waals surface area contributed by atoms with Gasteiger partial charge in [0.15, 0.2) is 0 Å². The van der Waals surface area contributed by atoms with Crippen LogP contribution in [-0.2, 0) is 0 Å². The minimum absolute atomic E-state index is 0.170. The average Bonchev–Trinajstić information content (AvgIpc) is 2.94. The summed E-state index contributed by atoms with van der Waals surface area (Å²) in [5, 5.41) is 19.0. The number of fused-ring (bicyclic) bond motifs is 1. The minimum atomic E-state index is -1.02. The predicted octanol–water partition coefficient (Wildman–Crippen LogP) is 2.60.